The Balaban J connectivity index is 3.19. The first kappa shape index (κ1) is 8.62. The second-order valence-corrected chi connectivity index (χ2v) is 1.72. The fourth-order valence-electron chi connectivity index (χ4n) is 0.436. The van der Waals surface area contributed by atoms with Crippen molar-refractivity contribution >= 4 is 0 Å². The van der Waals surface area contributed by atoms with Crippen molar-refractivity contribution in [2.24, 2.45) is 11.5 Å². The molecule has 3 heteroatoms. The van der Waals surface area contributed by atoms with Crippen LogP contribution in [0, 0.1) is 0 Å². The van der Waals surface area contributed by atoms with Gasteiger partial charge in [-0.3, -0.25) is 0 Å². The first-order chi connectivity index (χ1) is 4.35. The molecule has 0 aliphatic rings. The molecule has 0 aromatic heterocycles. The fraction of sp³-hybridized carbons (Fsp3) is 0.667. The normalized spacial score (nSPS) is 10.1. The molecule has 0 atom stereocenters. The summed E-state index contributed by atoms with van der Waals surface area (Å²) >= 11 is 0. The highest BCUT2D eigenvalue weighted by atomic mass is 16.5. The molecule has 0 fully saturated rings. The number of rotatable bonds is 5. The zero-order chi connectivity index (χ0) is 7.11. The van der Waals surface area contributed by atoms with E-state index >= 15 is 0 Å². The van der Waals surface area contributed by atoms with Crippen LogP contribution in [0.25, 0.3) is 0 Å². The van der Waals surface area contributed by atoms with Crippen LogP contribution in [0.15, 0.2) is 12.7 Å². The van der Waals surface area contributed by atoms with Crippen molar-refractivity contribution < 1.29 is 4.74 Å². The van der Waals surface area contributed by atoms with Crippen LogP contribution in [0.2, 0.25) is 0 Å². The highest BCUT2D eigenvalue weighted by Gasteiger charge is 2.00. The van der Waals surface area contributed by atoms with Crippen LogP contribution in [-0.4, -0.2) is 25.8 Å². The summed E-state index contributed by atoms with van der Waals surface area (Å²) in [7, 11) is 0. The summed E-state index contributed by atoms with van der Waals surface area (Å²) < 4.78 is 5.12. The van der Waals surface area contributed by atoms with E-state index in [2.05, 4.69) is 6.58 Å². The Hall–Kier alpha value is -0.380. The van der Waals surface area contributed by atoms with Gasteiger partial charge in [0, 0.05) is 13.1 Å². The van der Waals surface area contributed by atoms with Gasteiger partial charge in [-0.15, -0.1) is 6.58 Å². The van der Waals surface area contributed by atoms with E-state index in [9.17, 15) is 0 Å². The standard InChI is InChI=1S/C6H14N2O/c1-2-3-9-6(4-7)5-8/h2,6H,1,3-5,7-8H2. The largest absolute Gasteiger partial charge is 0.372 e. The molecule has 0 aromatic carbocycles. The van der Waals surface area contributed by atoms with Crippen molar-refractivity contribution in [3.63, 3.8) is 0 Å². The number of nitrogens with two attached hydrogens (primary N) is 2. The predicted octanol–water partition coefficient (Wildman–Crippen LogP) is -0.525. The number of hydrogen-bond donors (Lipinski definition) is 2. The van der Waals surface area contributed by atoms with Crippen molar-refractivity contribution in [3.8, 4) is 0 Å². The summed E-state index contributed by atoms with van der Waals surface area (Å²) in [4.78, 5) is 0. The Morgan fingerprint density at radius 3 is 2.33 bits per heavy atom. The molecular weight excluding hydrogens is 116 g/mol. The monoisotopic (exact) mass is 130 g/mol. The van der Waals surface area contributed by atoms with Crippen LogP contribution in [0.4, 0.5) is 0 Å². The molecule has 0 unspecified atom stereocenters. The van der Waals surface area contributed by atoms with Gasteiger partial charge < -0.3 is 16.2 Å². The maximum Gasteiger partial charge on any atom is 0.0823 e. The third kappa shape index (κ3) is 4.14. The smallest absolute Gasteiger partial charge is 0.0823 e. The van der Waals surface area contributed by atoms with Gasteiger partial charge in [0.2, 0.25) is 0 Å². The summed E-state index contributed by atoms with van der Waals surface area (Å²) in [5.41, 5.74) is 10.6. The van der Waals surface area contributed by atoms with Crippen LogP contribution in [0.1, 0.15) is 0 Å². The topological polar surface area (TPSA) is 61.3 Å². The summed E-state index contributed by atoms with van der Waals surface area (Å²) in [6.07, 6.45) is 1.67. The third-order valence-corrected chi connectivity index (χ3v) is 0.976. The van der Waals surface area contributed by atoms with Gasteiger partial charge in [0.15, 0.2) is 0 Å². The Bertz CT molecular complexity index is 71.5. The van der Waals surface area contributed by atoms with Gasteiger partial charge in [0.05, 0.1) is 12.7 Å². The summed E-state index contributed by atoms with van der Waals surface area (Å²) in [6, 6.07) is 0. The van der Waals surface area contributed by atoms with Crippen LogP contribution in [0.3, 0.4) is 0 Å². The molecule has 0 aliphatic carbocycles. The van der Waals surface area contributed by atoms with E-state index in [0.29, 0.717) is 19.7 Å². The Kier molecular flexibility index (Phi) is 5.51. The van der Waals surface area contributed by atoms with Crippen molar-refractivity contribution in [1.82, 2.24) is 0 Å². The molecule has 0 bridgehead atoms. The third-order valence-electron chi connectivity index (χ3n) is 0.976. The van der Waals surface area contributed by atoms with Gasteiger partial charge >= 0.3 is 0 Å². The van der Waals surface area contributed by atoms with Gasteiger partial charge in [-0.2, -0.15) is 0 Å². The van der Waals surface area contributed by atoms with E-state index in [4.69, 9.17) is 16.2 Å². The zero-order valence-corrected chi connectivity index (χ0v) is 5.55. The molecular formula is C6H14N2O. The maximum absolute atomic E-state index is 5.28. The van der Waals surface area contributed by atoms with Gasteiger partial charge in [0.1, 0.15) is 0 Å². The number of hydrogen-bond acceptors (Lipinski definition) is 3. The lowest BCUT2D eigenvalue weighted by molar-refractivity contribution is 0.0871. The molecule has 0 aliphatic heterocycles. The molecule has 0 aromatic rings. The number of ether oxygens (including phenoxy) is 1. The van der Waals surface area contributed by atoms with Gasteiger partial charge in [0.25, 0.3) is 0 Å². The second-order valence-electron chi connectivity index (χ2n) is 1.72. The lowest BCUT2D eigenvalue weighted by Crippen LogP contribution is -2.31. The molecule has 54 valence electrons. The molecule has 0 radical (unpaired) electrons. The Labute approximate surface area is 55.7 Å². The summed E-state index contributed by atoms with van der Waals surface area (Å²) in [5.74, 6) is 0. The molecule has 0 amide bonds. The van der Waals surface area contributed by atoms with Crippen LogP contribution >= 0.6 is 0 Å². The minimum Gasteiger partial charge on any atom is -0.372 e. The molecule has 0 saturated carbocycles. The predicted molar refractivity (Wildman–Crippen MR) is 38.0 cm³/mol. The van der Waals surface area contributed by atoms with Crippen molar-refractivity contribution in [3.05, 3.63) is 12.7 Å². The van der Waals surface area contributed by atoms with Gasteiger partial charge in [-0.1, -0.05) is 6.08 Å². The van der Waals surface area contributed by atoms with E-state index in [-0.39, 0.29) is 6.10 Å². The van der Waals surface area contributed by atoms with Crippen LogP contribution in [0.5, 0.6) is 0 Å². The van der Waals surface area contributed by atoms with Crippen molar-refractivity contribution in [2.75, 3.05) is 19.7 Å². The van der Waals surface area contributed by atoms with Crippen molar-refractivity contribution in [2.45, 2.75) is 6.10 Å². The summed E-state index contributed by atoms with van der Waals surface area (Å²) in [5, 5.41) is 0. The molecule has 0 rings (SSSR count). The first-order valence-corrected chi connectivity index (χ1v) is 2.97. The molecule has 9 heavy (non-hydrogen) atoms. The Morgan fingerprint density at radius 2 is 2.00 bits per heavy atom. The summed E-state index contributed by atoms with van der Waals surface area (Å²) in [6.45, 7) is 4.97. The van der Waals surface area contributed by atoms with E-state index in [1.54, 1.807) is 6.08 Å². The lowest BCUT2D eigenvalue weighted by atomic mass is 10.4. The minimum atomic E-state index is -0.0111. The zero-order valence-electron chi connectivity index (χ0n) is 5.55. The minimum absolute atomic E-state index is 0.0111. The lowest BCUT2D eigenvalue weighted by Gasteiger charge is -2.10. The van der Waals surface area contributed by atoms with Gasteiger partial charge in [-0.05, 0) is 0 Å². The molecule has 3 nitrogen and oxygen atoms in total. The second kappa shape index (κ2) is 5.75. The first-order valence-electron chi connectivity index (χ1n) is 2.97. The molecule has 4 N–H and O–H groups in total. The van der Waals surface area contributed by atoms with Gasteiger partial charge in [-0.25, -0.2) is 0 Å². The molecule has 0 spiro atoms. The van der Waals surface area contributed by atoms with E-state index in [1.807, 2.05) is 0 Å². The highest BCUT2D eigenvalue weighted by Crippen LogP contribution is 1.85. The average molecular weight is 130 g/mol. The quantitative estimate of drug-likeness (QED) is 0.492. The Morgan fingerprint density at radius 1 is 1.44 bits per heavy atom. The molecule has 0 saturated heterocycles. The fourth-order valence-corrected chi connectivity index (χ4v) is 0.436. The van der Waals surface area contributed by atoms with Crippen LogP contribution < -0.4 is 11.5 Å². The SMILES string of the molecule is C=CCOC(CN)CN. The average Bonchev–Trinajstić information content (AvgIpc) is 1.91. The highest BCUT2D eigenvalue weighted by molar-refractivity contribution is 4.67. The van der Waals surface area contributed by atoms with E-state index in [0.717, 1.165) is 0 Å². The van der Waals surface area contributed by atoms with Crippen LogP contribution in [-0.2, 0) is 4.74 Å². The van der Waals surface area contributed by atoms with E-state index in [1.165, 1.54) is 0 Å². The molecule has 0 heterocycles. The van der Waals surface area contributed by atoms with Crippen molar-refractivity contribution in [1.29, 1.82) is 0 Å². The maximum atomic E-state index is 5.28. The van der Waals surface area contributed by atoms with E-state index < -0.39 is 0 Å².